The molecule has 1 heterocycles. The van der Waals surface area contributed by atoms with E-state index in [1.54, 1.807) is 0 Å². The van der Waals surface area contributed by atoms with E-state index in [0.717, 1.165) is 6.92 Å². The summed E-state index contributed by atoms with van der Waals surface area (Å²) in [6.45, 7) is 0.267. The van der Waals surface area contributed by atoms with E-state index in [4.69, 9.17) is 6.48 Å². The second-order valence-corrected chi connectivity index (χ2v) is 3.02. The SMILES string of the molecule is [2H]C1(C(C)=O)O[C@H](CO)[C@@H](O)[C@H](O)C1=O. The number of hydrogen-bond donors (Lipinski definition) is 3. The molecule has 1 aliphatic heterocycles. The van der Waals surface area contributed by atoms with Crippen molar-refractivity contribution in [1.82, 2.24) is 0 Å². The third-order valence-corrected chi connectivity index (χ3v) is 1.97. The van der Waals surface area contributed by atoms with Gasteiger partial charge in [0.2, 0.25) is 0 Å². The Balaban J connectivity index is 3.03. The van der Waals surface area contributed by atoms with Crippen molar-refractivity contribution in [2.75, 3.05) is 6.61 Å². The first-order chi connectivity index (χ1) is 6.84. The van der Waals surface area contributed by atoms with Gasteiger partial charge in [-0.15, -0.1) is 0 Å². The molecule has 0 radical (unpaired) electrons. The van der Waals surface area contributed by atoms with Crippen molar-refractivity contribution >= 4 is 11.6 Å². The van der Waals surface area contributed by atoms with Crippen LogP contribution in [-0.4, -0.2) is 57.9 Å². The summed E-state index contributed by atoms with van der Waals surface area (Å²) in [6.07, 6.45) is -7.37. The monoisotopic (exact) mass is 205 g/mol. The summed E-state index contributed by atoms with van der Waals surface area (Å²) in [6, 6.07) is 0. The first kappa shape index (κ1) is 9.72. The van der Waals surface area contributed by atoms with E-state index in [1.807, 2.05) is 0 Å². The number of hydrogen-bond acceptors (Lipinski definition) is 6. The lowest BCUT2D eigenvalue weighted by Crippen LogP contribution is -2.57. The molecule has 0 aromatic heterocycles. The Morgan fingerprint density at radius 1 is 1.64 bits per heavy atom. The molecule has 0 aliphatic carbocycles. The van der Waals surface area contributed by atoms with Gasteiger partial charge >= 0.3 is 0 Å². The minimum Gasteiger partial charge on any atom is -0.394 e. The normalized spacial score (nSPS) is 44.7. The molecule has 0 bridgehead atoms. The molecule has 14 heavy (non-hydrogen) atoms. The molecule has 1 unspecified atom stereocenters. The molecule has 1 saturated heterocycles. The van der Waals surface area contributed by atoms with Gasteiger partial charge in [0.1, 0.15) is 18.3 Å². The number of ketones is 2. The minimum absolute atomic E-state index is 0.695. The number of ether oxygens (including phenoxy) is 1. The molecule has 3 N–H and O–H groups in total. The zero-order valence-electron chi connectivity index (χ0n) is 8.51. The molecular weight excluding hydrogens is 192 g/mol. The topological polar surface area (TPSA) is 104 Å². The highest BCUT2D eigenvalue weighted by Gasteiger charge is 2.44. The van der Waals surface area contributed by atoms with Gasteiger partial charge in [-0.3, -0.25) is 9.59 Å². The van der Waals surface area contributed by atoms with E-state index in [1.165, 1.54) is 0 Å². The maximum Gasteiger partial charge on any atom is 0.200 e. The van der Waals surface area contributed by atoms with Crippen LogP contribution in [-0.2, 0) is 14.3 Å². The number of Topliss-reactive ketones (excluding diaryl/α,β-unsaturated/α-hetero) is 2. The molecule has 0 aromatic rings. The van der Waals surface area contributed by atoms with Gasteiger partial charge in [-0.2, -0.15) is 0 Å². The van der Waals surface area contributed by atoms with Gasteiger partial charge in [0.25, 0.3) is 0 Å². The number of rotatable bonds is 2. The lowest BCUT2D eigenvalue weighted by Gasteiger charge is -2.33. The van der Waals surface area contributed by atoms with Crippen LogP contribution in [0.2, 0.25) is 0 Å². The molecule has 0 saturated carbocycles. The summed E-state index contributed by atoms with van der Waals surface area (Å²) in [5.74, 6) is -2.12. The maximum atomic E-state index is 11.3. The average molecular weight is 205 g/mol. The summed E-state index contributed by atoms with van der Waals surface area (Å²) >= 11 is 0. The highest BCUT2D eigenvalue weighted by atomic mass is 16.5. The average Bonchev–Trinajstić information content (AvgIpc) is 2.20. The fourth-order valence-electron chi connectivity index (χ4n) is 1.17. The van der Waals surface area contributed by atoms with Crippen molar-refractivity contribution in [2.24, 2.45) is 0 Å². The molecule has 1 rings (SSSR count). The first-order valence-corrected chi connectivity index (χ1v) is 4.04. The molecule has 80 valence electrons. The third-order valence-electron chi connectivity index (χ3n) is 1.97. The van der Waals surface area contributed by atoms with Gasteiger partial charge in [0.15, 0.2) is 17.6 Å². The van der Waals surface area contributed by atoms with Crippen LogP contribution in [0.1, 0.15) is 8.29 Å². The second kappa shape index (κ2) is 4.14. The van der Waals surface area contributed by atoms with Crippen molar-refractivity contribution in [3.8, 4) is 0 Å². The zero-order valence-corrected chi connectivity index (χ0v) is 7.51. The lowest BCUT2D eigenvalue weighted by atomic mass is 9.95. The van der Waals surface area contributed by atoms with Crippen molar-refractivity contribution in [2.45, 2.75) is 31.3 Å². The van der Waals surface area contributed by atoms with E-state index < -0.39 is 42.6 Å². The van der Waals surface area contributed by atoms with Gasteiger partial charge in [0.05, 0.1) is 7.98 Å². The zero-order chi connectivity index (χ0) is 11.8. The van der Waals surface area contributed by atoms with Gasteiger partial charge in [-0.1, -0.05) is 0 Å². The smallest absolute Gasteiger partial charge is 0.200 e. The largest absolute Gasteiger partial charge is 0.394 e. The fraction of sp³-hybridized carbons (Fsp3) is 0.750. The number of carbonyl (C=O) groups is 2. The Hall–Kier alpha value is -0.820. The van der Waals surface area contributed by atoms with Gasteiger partial charge < -0.3 is 20.1 Å². The molecular formula is C8H12O6. The standard InChI is InChI=1S/C8H12O6/c1-3(10)8-7(13)6(12)5(11)4(2-9)14-8/h4-6,8-9,11-12H,2H2,1H3/t4-,5-,6+,8?/m1/s1/i8D. The highest BCUT2D eigenvalue weighted by Crippen LogP contribution is 2.17. The Bertz CT molecular complexity index is 293. The Kier molecular flexibility index (Phi) is 2.87. The second-order valence-electron chi connectivity index (χ2n) is 3.02. The minimum atomic E-state index is -2.54. The van der Waals surface area contributed by atoms with Crippen LogP contribution < -0.4 is 0 Å². The van der Waals surface area contributed by atoms with Crippen molar-refractivity contribution in [3.63, 3.8) is 0 Å². The Labute approximate surface area is 81.5 Å². The Morgan fingerprint density at radius 2 is 2.21 bits per heavy atom. The number of aliphatic hydroxyl groups is 3. The summed E-state index contributed by atoms with van der Waals surface area (Å²) in [4.78, 5) is 22.4. The van der Waals surface area contributed by atoms with Crippen LogP contribution in [0.4, 0.5) is 0 Å². The summed E-state index contributed by atoms with van der Waals surface area (Å²) in [7, 11) is 0. The predicted molar refractivity (Wildman–Crippen MR) is 43.4 cm³/mol. The molecule has 1 aliphatic rings. The fourth-order valence-corrected chi connectivity index (χ4v) is 1.17. The quantitative estimate of drug-likeness (QED) is 0.435. The van der Waals surface area contributed by atoms with Crippen LogP contribution in [0.25, 0.3) is 0 Å². The van der Waals surface area contributed by atoms with E-state index in [0.29, 0.717) is 0 Å². The first-order valence-electron chi connectivity index (χ1n) is 4.54. The van der Waals surface area contributed by atoms with Crippen LogP contribution >= 0.6 is 0 Å². The molecule has 1 fully saturated rings. The summed E-state index contributed by atoms with van der Waals surface area (Å²) < 4.78 is 12.1. The van der Waals surface area contributed by atoms with Crippen molar-refractivity contribution in [3.05, 3.63) is 0 Å². The highest BCUT2D eigenvalue weighted by molar-refractivity contribution is 6.06. The van der Waals surface area contributed by atoms with Crippen molar-refractivity contribution < 1.29 is 31.0 Å². The van der Waals surface area contributed by atoms with Crippen LogP contribution in [0, 0.1) is 0 Å². The number of aliphatic hydroxyl groups excluding tert-OH is 3. The van der Waals surface area contributed by atoms with Crippen LogP contribution in [0.15, 0.2) is 0 Å². The molecule has 6 heteroatoms. The molecule has 0 spiro atoms. The van der Waals surface area contributed by atoms with E-state index in [9.17, 15) is 19.8 Å². The van der Waals surface area contributed by atoms with E-state index in [-0.39, 0.29) is 0 Å². The van der Waals surface area contributed by atoms with Crippen LogP contribution in [0.3, 0.4) is 0 Å². The summed E-state index contributed by atoms with van der Waals surface area (Å²) in [5, 5.41) is 27.3. The molecule has 6 nitrogen and oxygen atoms in total. The van der Waals surface area contributed by atoms with E-state index >= 15 is 0 Å². The van der Waals surface area contributed by atoms with Crippen LogP contribution in [0.5, 0.6) is 0 Å². The number of carbonyl (C=O) groups excluding carboxylic acids is 2. The Morgan fingerprint density at radius 3 is 2.64 bits per heavy atom. The van der Waals surface area contributed by atoms with Crippen molar-refractivity contribution in [1.29, 1.82) is 0 Å². The van der Waals surface area contributed by atoms with Gasteiger partial charge in [0, 0.05) is 0 Å². The third kappa shape index (κ3) is 1.83. The maximum absolute atomic E-state index is 11.3. The van der Waals surface area contributed by atoms with Gasteiger partial charge in [-0.05, 0) is 6.92 Å². The predicted octanol–water partition coefficient (Wildman–Crippen LogP) is -2.37. The molecule has 4 atom stereocenters. The lowest BCUT2D eigenvalue weighted by molar-refractivity contribution is -0.189. The molecule has 0 aromatic carbocycles. The van der Waals surface area contributed by atoms with Gasteiger partial charge in [-0.25, -0.2) is 0 Å². The van der Waals surface area contributed by atoms with E-state index in [2.05, 4.69) is 4.74 Å². The summed E-state index contributed by atoms with van der Waals surface area (Å²) in [5.41, 5.74) is 0. The molecule has 0 amide bonds.